The van der Waals surface area contributed by atoms with Gasteiger partial charge in [0.25, 0.3) is 0 Å². The number of carboxylic acids is 1. The van der Waals surface area contributed by atoms with Gasteiger partial charge in [-0.2, -0.15) is 0 Å². The van der Waals surface area contributed by atoms with E-state index in [0.717, 1.165) is 0 Å². The fourth-order valence-corrected chi connectivity index (χ4v) is 1.81. The second-order valence-electron chi connectivity index (χ2n) is 4.47. The van der Waals surface area contributed by atoms with E-state index in [1.165, 1.54) is 0 Å². The Morgan fingerprint density at radius 1 is 1.39 bits per heavy atom. The molecule has 0 aliphatic heterocycles. The van der Waals surface area contributed by atoms with E-state index in [4.69, 9.17) is 4.74 Å². The molecule has 1 atom stereocenters. The van der Waals surface area contributed by atoms with E-state index in [1.807, 2.05) is 39.0 Å². The second-order valence-corrected chi connectivity index (χ2v) is 4.47. The minimum Gasteiger partial charge on any atom is -0.480 e. The van der Waals surface area contributed by atoms with Crippen molar-refractivity contribution >= 4 is 5.97 Å². The van der Waals surface area contributed by atoms with Crippen LogP contribution in [0.15, 0.2) is 30.3 Å². The first-order valence-electron chi connectivity index (χ1n) is 6.18. The van der Waals surface area contributed by atoms with Crippen LogP contribution in [-0.2, 0) is 15.1 Å². The number of carboxylic acid groups (broad SMARTS) is 1. The molecule has 0 amide bonds. The maximum atomic E-state index is 11.7. The van der Waals surface area contributed by atoms with Crippen LogP contribution in [-0.4, -0.2) is 30.3 Å². The van der Waals surface area contributed by atoms with Gasteiger partial charge in [0.1, 0.15) is 0 Å². The molecule has 0 aromatic heterocycles. The molecule has 0 bridgehead atoms. The van der Waals surface area contributed by atoms with Gasteiger partial charge < -0.3 is 9.84 Å². The molecule has 2 N–H and O–H groups in total. The molecule has 0 radical (unpaired) electrons. The summed E-state index contributed by atoms with van der Waals surface area (Å²) in [5.74, 6) is -0.920. The molecule has 1 unspecified atom stereocenters. The summed E-state index contributed by atoms with van der Waals surface area (Å²) in [6, 6.07) is 9.14. The molecule has 4 heteroatoms. The van der Waals surface area contributed by atoms with Crippen LogP contribution in [0.5, 0.6) is 0 Å². The summed E-state index contributed by atoms with van der Waals surface area (Å²) < 4.78 is 5.53. The molecule has 100 valence electrons. The lowest BCUT2D eigenvalue weighted by atomic mass is 9.90. The maximum absolute atomic E-state index is 11.7. The van der Waals surface area contributed by atoms with Crippen molar-refractivity contribution in [3.8, 4) is 0 Å². The van der Waals surface area contributed by atoms with Crippen molar-refractivity contribution in [1.29, 1.82) is 0 Å². The molecule has 0 aliphatic carbocycles. The average molecular weight is 251 g/mol. The van der Waals surface area contributed by atoms with Crippen LogP contribution in [0.1, 0.15) is 26.3 Å². The molecule has 0 saturated carbocycles. The summed E-state index contributed by atoms with van der Waals surface area (Å²) in [6.07, 6.45) is -0.00825. The smallest absolute Gasteiger partial charge is 0.331 e. The van der Waals surface area contributed by atoms with Crippen LogP contribution in [0.3, 0.4) is 0 Å². The average Bonchev–Trinajstić information content (AvgIpc) is 2.35. The number of nitrogens with one attached hydrogen (secondary N) is 1. The van der Waals surface area contributed by atoms with Crippen molar-refractivity contribution in [3.05, 3.63) is 35.9 Å². The quantitative estimate of drug-likeness (QED) is 0.778. The molecule has 1 rings (SSSR count). The van der Waals surface area contributed by atoms with Gasteiger partial charge in [-0.1, -0.05) is 37.3 Å². The minimum atomic E-state index is -1.18. The zero-order chi connectivity index (χ0) is 13.6. The molecule has 0 aliphatic rings. The number of carbonyl (C=O) groups is 1. The third-order valence-corrected chi connectivity index (χ3v) is 2.74. The van der Waals surface area contributed by atoms with Crippen molar-refractivity contribution in [2.24, 2.45) is 0 Å². The number of hydrogen-bond acceptors (Lipinski definition) is 3. The van der Waals surface area contributed by atoms with Crippen molar-refractivity contribution in [1.82, 2.24) is 5.32 Å². The van der Waals surface area contributed by atoms with Crippen molar-refractivity contribution < 1.29 is 14.6 Å². The van der Waals surface area contributed by atoms with E-state index in [9.17, 15) is 9.90 Å². The van der Waals surface area contributed by atoms with E-state index in [2.05, 4.69) is 5.32 Å². The molecule has 0 fully saturated rings. The van der Waals surface area contributed by atoms with E-state index in [0.29, 0.717) is 12.1 Å². The molecule has 4 nitrogen and oxygen atoms in total. The van der Waals surface area contributed by atoms with Crippen LogP contribution >= 0.6 is 0 Å². The third-order valence-electron chi connectivity index (χ3n) is 2.74. The SMILES string of the molecule is CCNC(COC(C)C)(C(=O)O)c1ccccc1. The fraction of sp³-hybridized carbons (Fsp3) is 0.500. The lowest BCUT2D eigenvalue weighted by molar-refractivity contribution is -0.149. The Kier molecular flexibility index (Phi) is 5.31. The Morgan fingerprint density at radius 2 is 2.00 bits per heavy atom. The summed E-state index contributed by atoms with van der Waals surface area (Å²) in [5, 5.41) is 12.6. The summed E-state index contributed by atoms with van der Waals surface area (Å²) in [4.78, 5) is 11.7. The predicted molar refractivity (Wildman–Crippen MR) is 70.5 cm³/mol. The lowest BCUT2D eigenvalue weighted by Gasteiger charge is -2.31. The molecule has 1 aromatic rings. The standard InChI is InChI=1S/C14H21NO3/c1-4-15-14(13(16)17,10-18-11(2)3)12-8-6-5-7-9-12/h5-9,11,15H,4,10H2,1-3H3,(H,16,17). The number of rotatable bonds is 7. The molecule has 0 saturated heterocycles. The summed E-state index contributed by atoms with van der Waals surface area (Å²) >= 11 is 0. The third kappa shape index (κ3) is 3.31. The maximum Gasteiger partial charge on any atom is 0.331 e. The normalized spacial score (nSPS) is 14.4. The van der Waals surface area contributed by atoms with Crippen LogP contribution in [0.4, 0.5) is 0 Å². The Balaban J connectivity index is 3.09. The zero-order valence-electron chi connectivity index (χ0n) is 11.1. The Morgan fingerprint density at radius 3 is 2.44 bits per heavy atom. The topological polar surface area (TPSA) is 58.6 Å². The number of hydrogen-bond donors (Lipinski definition) is 2. The van der Waals surface area contributed by atoms with E-state index in [-0.39, 0.29) is 12.7 Å². The molecular formula is C14H21NO3. The summed E-state index contributed by atoms with van der Waals surface area (Å²) in [5.41, 5.74) is -0.472. The first kappa shape index (κ1) is 14.7. The highest BCUT2D eigenvalue weighted by Crippen LogP contribution is 2.22. The predicted octanol–water partition coefficient (Wildman–Crippen LogP) is 2.00. The van der Waals surface area contributed by atoms with Crippen LogP contribution in [0, 0.1) is 0 Å². The van der Waals surface area contributed by atoms with Crippen molar-refractivity contribution in [2.75, 3.05) is 13.2 Å². The van der Waals surface area contributed by atoms with Gasteiger partial charge in [0.15, 0.2) is 5.54 Å². The number of ether oxygens (including phenoxy) is 1. The van der Waals surface area contributed by atoms with E-state index in [1.54, 1.807) is 12.1 Å². The molecule has 1 aromatic carbocycles. The number of aliphatic carboxylic acids is 1. The van der Waals surface area contributed by atoms with Crippen LogP contribution < -0.4 is 5.32 Å². The second kappa shape index (κ2) is 6.52. The Hall–Kier alpha value is -1.39. The highest BCUT2D eigenvalue weighted by molar-refractivity contribution is 5.81. The number of likely N-dealkylation sites (N-methyl/N-ethyl adjacent to an activating group) is 1. The van der Waals surface area contributed by atoms with Crippen molar-refractivity contribution in [2.45, 2.75) is 32.4 Å². The number of benzene rings is 1. The van der Waals surface area contributed by atoms with E-state index < -0.39 is 11.5 Å². The monoisotopic (exact) mass is 251 g/mol. The largest absolute Gasteiger partial charge is 0.480 e. The van der Waals surface area contributed by atoms with Gasteiger partial charge in [0.2, 0.25) is 0 Å². The molecule has 0 spiro atoms. The van der Waals surface area contributed by atoms with E-state index >= 15 is 0 Å². The summed E-state index contributed by atoms with van der Waals surface area (Å²) in [7, 11) is 0. The molecular weight excluding hydrogens is 230 g/mol. The van der Waals surface area contributed by atoms with Gasteiger partial charge in [-0.05, 0) is 26.0 Å². The first-order valence-corrected chi connectivity index (χ1v) is 6.18. The highest BCUT2D eigenvalue weighted by Gasteiger charge is 2.40. The Bertz CT molecular complexity index is 378. The van der Waals surface area contributed by atoms with Gasteiger partial charge in [-0.3, -0.25) is 5.32 Å². The van der Waals surface area contributed by atoms with Crippen LogP contribution in [0.25, 0.3) is 0 Å². The van der Waals surface area contributed by atoms with Crippen molar-refractivity contribution in [3.63, 3.8) is 0 Å². The van der Waals surface area contributed by atoms with Gasteiger partial charge in [-0.15, -0.1) is 0 Å². The van der Waals surface area contributed by atoms with Gasteiger partial charge in [0, 0.05) is 0 Å². The van der Waals surface area contributed by atoms with Gasteiger partial charge in [0.05, 0.1) is 12.7 Å². The lowest BCUT2D eigenvalue weighted by Crippen LogP contribution is -2.53. The van der Waals surface area contributed by atoms with Gasteiger partial charge >= 0.3 is 5.97 Å². The van der Waals surface area contributed by atoms with Crippen LogP contribution in [0.2, 0.25) is 0 Å². The molecule has 0 heterocycles. The minimum absolute atomic E-state index is 0.00825. The fourth-order valence-electron chi connectivity index (χ4n) is 1.81. The molecule has 18 heavy (non-hydrogen) atoms. The highest BCUT2D eigenvalue weighted by atomic mass is 16.5. The zero-order valence-corrected chi connectivity index (χ0v) is 11.1. The summed E-state index contributed by atoms with van der Waals surface area (Å²) in [6.45, 7) is 6.34. The van der Waals surface area contributed by atoms with Gasteiger partial charge in [-0.25, -0.2) is 4.79 Å². The Labute approximate surface area is 108 Å². The first-order chi connectivity index (χ1) is 8.53.